The molecule has 0 saturated heterocycles. The highest BCUT2D eigenvalue weighted by molar-refractivity contribution is 9.10. The van der Waals surface area contributed by atoms with Crippen molar-refractivity contribution in [2.24, 2.45) is 0 Å². The van der Waals surface area contributed by atoms with E-state index in [4.69, 9.17) is 0 Å². The summed E-state index contributed by atoms with van der Waals surface area (Å²) in [6, 6.07) is 11.8. The van der Waals surface area contributed by atoms with E-state index in [2.05, 4.69) is 33.0 Å². The Morgan fingerprint density at radius 2 is 2.16 bits per heavy atom. The first-order chi connectivity index (χ1) is 9.26. The lowest BCUT2D eigenvalue weighted by Gasteiger charge is -1.98. The molecular formula is C15H11BrN2O. The van der Waals surface area contributed by atoms with Crippen molar-refractivity contribution in [3.05, 3.63) is 70.1 Å². The molecule has 3 nitrogen and oxygen atoms in total. The van der Waals surface area contributed by atoms with Crippen molar-refractivity contribution in [3.63, 3.8) is 0 Å². The standard InChI is InChI=1S/C15H11BrN2O/c16-13-5-1-3-11(7-13)8-14-9-18-6-2-4-12(10-19)15(18)17-14/h1-7,9-10H,8H2. The lowest BCUT2D eigenvalue weighted by molar-refractivity contribution is 0.112. The Balaban J connectivity index is 2.00. The predicted molar refractivity (Wildman–Crippen MR) is 77.5 cm³/mol. The normalized spacial score (nSPS) is 10.8. The van der Waals surface area contributed by atoms with Gasteiger partial charge in [0.05, 0.1) is 11.3 Å². The van der Waals surface area contributed by atoms with Gasteiger partial charge in [-0.2, -0.15) is 0 Å². The number of imidazole rings is 1. The zero-order valence-electron chi connectivity index (χ0n) is 10.1. The number of benzene rings is 1. The summed E-state index contributed by atoms with van der Waals surface area (Å²) in [5, 5.41) is 0. The van der Waals surface area contributed by atoms with Gasteiger partial charge in [0.1, 0.15) is 5.65 Å². The lowest BCUT2D eigenvalue weighted by atomic mass is 10.1. The van der Waals surface area contributed by atoms with E-state index in [0.717, 1.165) is 22.9 Å². The number of nitrogens with zero attached hydrogens (tertiary/aromatic N) is 2. The molecule has 0 unspecified atom stereocenters. The number of rotatable bonds is 3. The van der Waals surface area contributed by atoms with E-state index >= 15 is 0 Å². The Kier molecular flexibility index (Phi) is 3.17. The van der Waals surface area contributed by atoms with Gasteiger partial charge in [-0.3, -0.25) is 4.79 Å². The highest BCUT2D eigenvalue weighted by Crippen LogP contribution is 2.16. The number of pyridine rings is 1. The summed E-state index contributed by atoms with van der Waals surface area (Å²) in [5.74, 6) is 0. The van der Waals surface area contributed by atoms with Gasteiger partial charge in [-0.1, -0.05) is 28.1 Å². The Labute approximate surface area is 119 Å². The number of halogens is 1. The molecule has 3 rings (SSSR count). The van der Waals surface area contributed by atoms with E-state index in [9.17, 15) is 4.79 Å². The van der Waals surface area contributed by atoms with Crippen molar-refractivity contribution < 1.29 is 4.79 Å². The largest absolute Gasteiger partial charge is 0.306 e. The third-order valence-corrected chi connectivity index (χ3v) is 3.46. The van der Waals surface area contributed by atoms with E-state index in [1.807, 2.05) is 35.0 Å². The Morgan fingerprint density at radius 3 is 2.95 bits per heavy atom. The SMILES string of the molecule is O=Cc1cccn2cc(Cc3cccc(Br)c3)nc12. The molecule has 1 aromatic carbocycles. The molecule has 2 heterocycles. The molecule has 0 saturated carbocycles. The number of aromatic nitrogens is 2. The van der Waals surface area contributed by atoms with Crippen LogP contribution in [0.2, 0.25) is 0 Å². The van der Waals surface area contributed by atoms with Crippen molar-refractivity contribution in [1.82, 2.24) is 9.38 Å². The fourth-order valence-electron chi connectivity index (χ4n) is 2.12. The second kappa shape index (κ2) is 4.97. The van der Waals surface area contributed by atoms with Gasteiger partial charge < -0.3 is 4.40 Å². The number of carbonyl (C=O) groups is 1. The summed E-state index contributed by atoms with van der Waals surface area (Å²) in [4.78, 5) is 15.5. The number of aldehydes is 1. The fraction of sp³-hybridized carbons (Fsp3) is 0.0667. The summed E-state index contributed by atoms with van der Waals surface area (Å²) in [5.41, 5.74) is 3.46. The van der Waals surface area contributed by atoms with Crippen LogP contribution in [0.25, 0.3) is 5.65 Å². The number of carbonyl (C=O) groups excluding carboxylic acids is 1. The fourth-order valence-corrected chi connectivity index (χ4v) is 2.57. The molecule has 0 aliphatic heterocycles. The molecule has 0 radical (unpaired) electrons. The van der Waals surface area contributed by atoms with E-state index in [0.29, 0.717) is 11.2 Å². The van der Waals surface area contributed by atoms with E-state index < -0.39 is 0 Å². The minimum absolute atomic E-state index is 0.614. The van der Waals surface area contributed by atoms with Crippen LogP contribution < -0.4 is 0 Å². The van der Waals surface area contributed by atoms with Crippen molar-refractivity contribution in [2.75, 3.05) is 0 Å². The first-order valence-electron chi connectivity index (χ1n) is 5.92. The molecule has 2 aromatic heterocycles. The first-order valence-corrected chi connectivity index (χ1v) is 6.72. The lowest BCUT2D eigenvalue weighted by Crippen LogP contribution is -1.89. The van der Waals surface area contributed by atoms with Crippen LogP contribution in [-0.2, 0) is 6.42 Å². The van der Waals surface area contributed by atoms with E-state index in [1.54, 1.807) is 6.07 Å². The zero-order valence-corrected chi connectivity index (χ0v) is 11.7. The summed E-state index contributed by atoms with van der Waals surface area (Å²) in [6.45, 7) is 0. The molecule has 0 amide bonds. The second-order valence-electron chi connectivity index (χ2n) is 4.35. The van der Waals surface area contributed by atoms with Crippen LogP contribution >= 0.6 is 15.9 Å². The maximum Gasteiger partial charge on any atom is 0.153 e. The number of fused-ring (bicyclic) bond motifs is 1. The Bertz CT molecular complexity index is 749. The smallest absolute Gasteiger partial charge is 0.153 e. The molecule has 94 valence electrons. The average molecular weight is 315 g/mol. The van der Waals surface area contributed by atoms with Gasteiger partial charge >= 0.3 is 0 Å². The van der Waals surface area contributed by atoms with Crippen LogP contribution in [-0.4, -0.2) is 15.7 Å². The molecule has 0 aliphatic carbocycles. The van der Waals surface area contributed by atoms with Gasteiger partial charge in [0.15, 0.2) is 6.29 Å². The summed E-state index contributed by atoms with van der Waals surface area (Å²) >= 11 is 3.46. The van der Waals surface area contributed by atoms with Crippen LogP contribution in [0.15, 0.2) is 53.3 Å². The van der Waals surface area contributed by atoms with Crippen molar-refractivity contribution in [1.29, 1.82) is 0 Å². The van der Waals surface area contributed by atoms with Gasteiger partial charge in [0, 0.05) is 23.3 Å². The molecule has 3 aromatic rings. The van der Waals surface area contributed by atoms with Crippen LogP contribution in [0.4, 0.5) is 0 Å². The molecular weight excluding hydrogens is 304 g/mol. The van der Waals surface area contributed by atoms with Gasteiger partial charge in [-0.15, -0.1) is 0 Å². The van der Waals surface area contributed by atoms with Crippen molar-refractivity contribution >= 4 is 27.9 Å². The van der Waals surface area contributed by atoms with E-state index in [1.165, 1.54) is 5.56 Å². The summed E-state index contributed by atoms with van der Waals surface area (Å²) in [7, 11) is 0. The summed E-state index contributed by atoms with van der Waals surface area (Å²) < 4.78 is 2.94. The molecule has 0 spiro atoms. The Hall–Kier alpha value is -1.94. The number of hydrogen-bond acceptors (Lipinski definition) is 2. The first kappa shape index (κ1) is 12.1. The van der Waals surface area contributed by atoms with Crippen molar-refractivity contribution in [2.45, 2.75) is 6.42 Å². The quantitative estimate of drug-likeness (QED) is 0.693. The van der Waals surface area contributed by atoms with Gasteiger partial charge in [0.25, 0.3) is 0 Å². The molecule has 0 aliphatic rings. The molecule has 4 heteroatoms. The maximum atomic E-state index is 11.0. The van der Waals surface area contributed by atoms with Crippen LogP contribution in [0.5, 0.6) is 0 Å². The Morgan fingerprint density at radius 1 is 1.26 bits per heavy atom. The zero-order chi connectivity index (χ0) is 13.2. The van der Waals surface area contributed by atoms with Crippen molar-refractivity contribution in [3.8, 4) is 0 Å². The van der Waals surface area contributed by atoms with E-state index in [-0.39, 0.29) is 0 Å². The number of hydrogen-bond donors (Lipinski definition) is 0. The summed E-state index contributed by atoms with van der Waals surface area (Å²) in [6.07, 6.45) is 5.45. The molecule has 0 bridgehead atoms. The molecule has 0 fully saturated rings. The minimum Gasteiger partial charge on any atom is -0.306 e. The topological polar surface area (TPSA) is 34.4 Å². The predicted octanol–water partition coefficient (Wildman–Crippen LogP) is 3.50. The molecule has 0 atom stereocenters. The average Bonchev–Trinajstić information content (AvgIpc) is 2.80. The highest BCUT2D eigenvalue weighted by Gasteiger charge is 2.06. The highest BCUT2D eigenvalue weighted by atomic mass is 79.9. The third kappa shape index (κ3) is 2.44. The van der Waals surface area contributed by atoms with Gasteiger partial charge in [-0.25, -0.2) is 4.98 Å². The van der Waals surface area contributed by atoms with Crippen LogP contribution in [0.3, 0.4) is 0 Å². The molecule has 19 heavy (non-hydrogen) atoms. The maximum absolute atomic E-state index is 11.0. The van der Waals surface area contributed by atoms with Gasteiger partial charge in [0.2, 0.25) is 0 Å². The third-order valence-electron chi connectivity index (χ3n) is 2.96. The minimum atomic E-state index is 0.614. The monoisotopic (exact) mass is 314 g/mol. The van der Waals surface area contributed by atoms with Crippen LogP contribution in [0.1, 0.15) is 21.6 Å². The molecule has 0 N–H and O–H groups in total. The van der Waals surface area contributed by atoms with Crippen LogP contribution in [0, 0.1) is 0 Å². The van der Waals surface area contributed by atoms with Gasteiger partial charge in [-0.05, 0) is 29.8 Å². The second-order valence-corrected chi connectivity index (χ2v) is 5.27.